The number of ether oxygens (including phenoxy) is 2. The fourth-order valence-corrected chi connectivity index (χ4v) is 6.13. The van der Waals surface area contributed by atoms with E-state index in [0.29, 0.717) is 18.1 Å². The summed E-state index contributed by atoms with van der Waals surface area (Å²) in [5, 5.41) is 26.4. The number of nitriles is 1. The van der Waals surface area contributed by atoms with E-state index in [4.69, 9.17) is 19.1 Å². The molecule has 0 unspecified atom stereocenters. The maximum Gasteiger partial charge on any atom is 0.315 e. The maximum absolute atomic E-state index is 11.4. The zero-order chi connectivity index (χ0) is 23.4. The summed E-state index contributed by atoms with van der Waals surface area (Å²) in [6.45, 7) is 3.00. The molecule has 5 atom stereocenters. The fraction of sp³-hybridized carbons (Fsp3) is 0.583. The van der Waals surface area contributed by atoms with Gasteiger partial charge in [-0.15, -0.1) is 5.06 Å². The molecule has 1 N–H and O–H groups in total. The number of nitrogens with zero attached hydrogens (tertiary/aromatic N) is 4. The van der Waals surface area contributed by atoms with Crippen LogP contribution in [0.25, 0.3) is 0 Å². The summed E-state index contributed by atoms with van der Waals surface area (Å²) in [4.78, 5) is 14.5. The lowest BCUT2D eigenvalue weighted by Crippen LogP contribution is -2.71. The van der Waals surface area contributed by atoms with E-state index in [1.807, 2.05) is 33.2 Å². The molecule has 2 bridgehead atoms. The average molecular weight is 455 g/mol. The molecule has 33 heavy (non-hydrogen) atoms. The van der Waals surface area contributed by atoms with Gasteiger partial charge in [-0.3, -0.25) is 0 Å². The molecule has 176 valence electrons. The van der Waals surface area contributed by atoms with Crippen molar-refractivity contribution in [1.29, 1.82) is 5.26 Å². The first-order chi connectivity index (χ1) is 15.9. The molecule has 1 aromatic rings. The van der Waals surface area contributed by atoms with Gasteiger partial charge in [-0.1, -0.05) is 18.2 Å². The second-order valence-electron chi connectivity index (χ2n) is 9.27. The Kier molecular flexibility index (Phi) is 5.27. The summed E-state index contributed by atoms with van der Waals surface area (Å²) in [7, 11) is 5.76. The number of likely N-dealkylation sites (tertiary alicyclic amines) is 1. The van der Waals surface area contributed by atoms with E-state index in [2.05, 4.69) is 29.2 Å². The Labute approximate surface area is 193 Å². The number of oxime groups is 1. The molecule has 2 aliphatic heterocycles. The number of aliphatic hydroxyl groups is 1. The van der Waals surface area contributed by atoms with Gasteiger partial charge in [0.2, 0.25) is 5.90 Å². The molecule has 1 saturated heterocycles. The Bertz CT molecular complexity index is 1050. The van der Waals surface area contributed by atoms with Gasteiger partial charge in [0.15, 0.2) is 17.6 Å². The van der Waals surface area contributed by atoms with Crippen molar-refractivity contribution in [2.24, 2.45) is 11.1 Å². The van der Waals surface area contributed by atoms with Crippen LogP contribution in [0.1, 0.15) is 30.9 Å². The molecule has 1 aromatic carbocycles. The number of piperidine rings is 1. The molecule has 2 heterocycles. The van der Waals surface area contributed by atoms with Crippen molar-refractivity contribution in [2.45, 2.75) is 49.5 Å². The monoisotopic (exact) mass is 454 g/mol. The number of aliphatic hydroxyl groups excluding tert-OH is 1. The third-order valence-electron chi connectivity index (χ3n) is 7.36. The van der Waals surface area contributed by atoms with Gasteiger partial charge in [0, 0.05) is 31.6 Å². The van der Waals surface area contributed by atoms with Gasteiger partial charge in [0.25, 0.3) is 0 Å². The quantitative estimate of drug-likeness (QED) is 0.301. The van der Waals surface area contributed by atoms with Gasteiger partial charge < -0.3 is 29.2 Å². The minimum Gasteiger partial charge on any atom is -0.478 e. The van der Waals surface area contributed by atoms with Crippen LogP contribution in [0.5, 0.6) is 11.5 Å². The SMILES string of the molecule is CCOC(CC#N)=NO[C@@]12Oc3c(ON(C)C)ccc4c3[C@@]13CCN(C)[C@H](C4)[C@@H]3C=C[C@@H]2O. The number of hydrogen-bond donors (Lipinski definition) is 1. The molecular formula is C24H30N4O5. The third-order valence-corrected chi connectivity index (χ3v) is 7.36. The molecular weight excluding hydrogens is 424 g/mol. The van der Waals surface area contributed by atoms with E-state index in [1.54, 1.807) is 11.1 Å². The second-order valence-corrected chi connectivity index (χ2v) is 9.27. The summed E-state index contributed by atoms with van der Waals surface area (Å²) >= 11 is 0. The van der Waals surface area contributed by atoms with Crippen LogP contribution in [-0.2, 0) is 21.4 Å². The van der Waals surface area contributed by atoms with Crippen LogP contribution in [0.2, 0.25) is 0 Å². The average Bonchev–Trinajstić information content (AvgIpc) is 3.09. The number of likely N-dealkylation sites (N-methyl/N-ethyl adjacent to an activating group) is 1. The predicted octanol–water partition coefficient (Wildman–Crippen LogP) is 1.96. The molecule has 5 rings (SSSR count). The lowest BCUT2D eigenvalue weighted by Gasteiger charge is -2.58. The van der Waals surface area contributed by atoms with Gasteiger partial charge in [-0.25, -0.2) is 0 Å². The summed E-state index contributed by atoms with van der Waals surface area (Å²) < 4.78 is 12.1. The molecule has 1 fully saturated rings. The van der Waals surface area contributed by atoms with Gasteiger partial charge >= 0.3 is 5.79 Å². The molecule has 4 aliphatic rings. The second kappa shape index (κ2) is 7.90. The first-order valence-electron chi connectivity index (χ1n) is 11.4. The standard InChI is InChI=1S/C24H30N4O5/c1-5-30-20(10-12-25)26-33-24-19(29)9-7-16-17-14-15-6-8-18(32-27(2)3)22(31-24)21(15)23(16,24)11-13-28(17)4/h6-9,16-17,19,29H,5,10-11,13-14H2,1-4H3/t16-,17+,19-,23-,24+/m0/s1. The lowest BCUT2D eigenvalue weighted by molar-refractivity contribution is -0.278. The highest BCUT2D eigenvalue weighted by molar-refractivity contribution is 5.77. The zero-order valence-electron chi connectivity index (χ0n) is 19.4. The number of hydroxylamine groups is 2. The summed E-state index contributed by atoms with van der Waals surface area (Å²) in [5.74, 6) is -0.114. The van der Waals surface area contributed by atoms with E-state index < -0.39 is 17.3 Å². The Hall–Kier alpha value is -2.80. The molecule has 0 amide bonds. The van der Waals surface area contributed by atoms with Gasteiger partial charge in [0.1, 0.15) is 6.42 Å². The molecule has 9 heteroatoms. The first-order valence-corrected chi connectivity index (χ1v) is 11.4. The van der Waals surface area contributed by atoms with Crippen molar-refractivity contribution < 1.29 is 24.3 Å². The van der Waals surface area contributed by atoms with Crippen molar-refractivity contribution in [1.82, 2.24) is 9.96 Å². The largest absolute Gasteiger partial charge is 0.478 e. The van der Waals surface area contributed by atoms with Crippen molar-refractivity contribution in [3.05, 3.63) is 35.4 Å². The first kappa shape index (κ1) is 22.0. The smallest absolute Gasteiger partial charge is 0.315 e. The van der Waals surface area contributed by atoms with Crippen molar-refractivity contribution in [3.63, 3.8) is 0 Å². The Morgan fingerprint density at radius 2 is 2.21 bits per heavy atom. The maximum atomic E-state index is 11.4. The Morgan fingerprint density at radius 3 is 2.94 bits per heavy atom. The highest BCUT2D eigenvalue weighted by Gasteiger charge is 2.75. The van der Waals surface area contributed by atoms with Crippen LogP contribution in [0.3, 0.4) is 0 Å². The van der Waals surface area contributed by atoms with E-state index in [1.165, 1.54) is 5.56 Å². The highest BCUT2D eigenvalue weighted by atomic mass is 16.8. The Morgan fingerprint density at radius 1 is 1.39 bits per heavy atom. The third kappa shape index (κ3) is 2.98. The topological polar surface area (TPSA) is 99.8 Å². The van der Waals surface area contributed by atoms with Crippen molar-refractivity contribution >= 4 is 5.90 Å². The molecule has 9 nitrogen and oxygen atoms in total. The van der Waals surface area contributed by atoms with Gasteiger partial charge in [-0.2, -0.15) is 5.26 Å². The van der Waals surface area contributed by atoms with Crippen LogP contribution >= 0.6 is 0 Å². The summed E-state index contributed by atoms with van der Waals surface area (Å²) in [6, 6.07) is 6.29. The minimum absolute atomic E-state index is 0.0369. The molecule has 1 spiro atoms. The zero-order valence-corrected chi connectivity index (χ0v) is 19.4. The van der Waals surface area contributed by atoms with Crippen LogP contribution in [0, 0.1) is 17.2 Å². The predicted molar refractivity (Wildman–Crippen MR) is 120 cm³/mol. The molecule has 0 saturated carbocycles. The normalized spacial score (nSPS) is 33.8. The minimum atomic E-state index is -1.49. The van der Waals surface area contributed by atoms with Crippen LogP contribution in [-0.4, -0.2) is 73.2 Å². The highest BCUT2D eigenvalue weighted by Crippen LogP contribution is 2.67. The fourth-order valence-electron chi connectivity index (χ4n) is 6.13. The summed E-state index contributed by atoms with van der Waals surface area (Å²) in [6.07, 6.45) is 4.33. The number of rotatable bonds is 6. The molecule has 2 aliphatic carbocycles. The number of benzene rings is 1. The van der Waals surface area contributed by atoms with Crippen LogP contribution in [0.4, 0.5) is 0 Å². The van der Waals surface area contributed by atoms with Gasteiger partial charge in [-0.05, 0) is 50.1 Å². The van der Waals surface area contributed by atoms with E-state index in [-0.39, 0.29) is 24.3 Å². The Balaban J connectivity index is 1.71. The van der Waals surface area contributed by atoms with Gasteiger partial charge in [0.05, 0.1) is 18.1 Å². The lowest BCUT2D eigenvalue weighted by atomic mass is 9.52. The van der Waals surface area contributed by atoms with E-state index in [9.17, 15) is 10.4 Å². The van der Waals surface area contributed by atoms with Crippen LogP contribution < -0.4 is 9.57 Å². The van der Waals surface area contributed by atoms with E-state index >= 15 is 0 Å². The summed E-state index contributed by atoms with van der Waals surface area (Å²) in [5.41, 5.74) is 1.55. The van der Waals surface area contributed by atoms with Crippen molar-refractivity contribution in [2.75, 3.05) is 34.3 Å². The van der Waals surface area contributed by atoms with Crippen molar-refractivity contribution in [3.8, 4) is 17.6 Å². The number of hydrogen-bond acceptors (Lipinski definition) is 9. The van der Waals surface area contributed by atoms with Crippen LogP contribution in [0.15, 0.2) is 29.4 Å². The molecule has 0 aromatic heterocycles. The van der Waals surface area contributed by atoms with E-state index in [0.717, 1.165) is 24.9 Å². The molecule has 0 radical (unpaired) electrons.